The number of anilines is 2. The van der Waals surface area contributed by atoms with E-state index in [-0.39, 0.29) is 11.2 Å². The van der Waals surface area contributed by atoms with Crippen molar-refractivity contribution in [3.8, 4) is 0 Å². The Balaban J connectivity index is 1.71. The van der Waals surface area contributed by atoms with Gasteiger partial charge in [0.25, 0.3) is 5.56 Å². The SMILES string of the molecule is CC(C)CCn1c(N2CCN(c3cccc(Cl)c3)CC2)nc2c1c(=O)n(C)c(=O)n2C. The molecule has 31 heavy (non-hydrogen) atoms. The van der Waals surface area contributed by atoms with E-state index in [9.17, 15) is 9.59 Å². The normalized spacial score (nSPS) is 14.8. The number of aromatic nitrogens is 4. The largest absolute Gasteiger partial charge is 0.368 e. The molecule has 166 valence electrons. The van der Waals surface area contributed by atoms with Gasteiger partial charge in [0.2, 0.25) is 5.95 Å². The van der Waals surface area contributed by atoms with Crippen molar-refractivity contribution >= 4 is 34.4 Å². The highest BCUT2D eigenvalue weighted by Crippen LogP contribution is 2.25. The minimum Gasteiger partial charge on any atom is -0.368 e. The lowest BCUT2D eigenvalue weighted by atomic mass is 10.1. The number of imidazole rings is 1. The molecule has 0 bridgehead atoms. The minimum atomic E-state index is -0.358. The van der Waals surface area contributed by atoms with Crippen LogP contribution in [-0.2, 0) is 20.6 Å². The summed E-state index contributed by atoms with van der Waals surface area (Å²) in [6.45, 7) is 8.20. The highest BCUT2D eigenvalue weighted by Gasteiger charge is 2.25. The van der Waals surface area contributed by atoms with E-state index < -0.39 is 0 Å². The molecule has 1 aliphatic rings. The van der Waals surface area contributed by atoms with Crippen LogP contribution in [-0.4, -0.2) is 44.9 Å². The average molecular weight is 445 g/mol. The Hall–Kier alpha value is -2.74. The molecule has 4 rings (SSSR count). The maximum Gasteiger partial charge on any atom is 0.332 e. The summed E-state index contributed by atoms with van der Waals surface area (Å²) in [5.74, 6) is 1.25. The molecule has 1 fully saturated rings. The molecule has 1 saturated heterocycles. The van der Waals surface area contributed by atoms with Crippen LogP contribution in [0.25, 0.3) is 11.2 Å². The Labute approximate surface area is 186 Å². The molecule has 2 aromatic heterocycles. The highest BCUT2D eigenvalue weighted by molar-refractivity contribution is 6.30. The van der Waals surface area contributed by atoms with E-state index in [0.29, 0.717) is 23.6 Å². The molecule has 0 unspecified atom stereocenters. The van der Waals surface area contributed by atoms with Crippen LogP contribution in [0.5, 0.6) is 0 Å². The van der Waals surface area contributed by atoms with Gasteiger partial charge in [0, 0.05) is 57.5 Å². The molecule has 1 aromatic carbocycles. The van der Waals surface area contributed by atoms with E-state index in [1.165, 1.54) is 11.6 Å². The minimum absolute atomic E-state index is 0.293. The predicted octanol–water partition coefficient (Wildman–Crippen LogP) is 2.46. The molecule has 0 spiro atoms. The molecule has 0 aliphatic carbocycles. The number of rotatable bonds is 5. The monoisotopic (exact) mass is 444 g/mol. The average Bonchev–Trinajstić information content (AvgIpc) is 3.14. The molecular formula is C22H29ClN6O2. The Morgan fingerprint density at radius 2 is 1.71 bits per heavy atom. The first-order valence-corrected chi connectivity index (χ1v) is 11.1. The summed E-state index contributed by atoms with van der Waals surface area (Å²) >= 11 is 6.16. The van der Waals surface area contributed by atoms with Crippen LogP contribution in [0, 0.1) is 5.92 Å². The van der Waals surface area contributed by atoms with Crippen LogP contribution in [0.2, 0.25) is 5.02 Å². The zero-order valence-corrected chi connectivity index (χ0v) is 19.3. The first-order valence-electron chi connectivity index (χ1n) is 10.7. The molecule has 0 saturated carbocycles. The quantitative estimate of drug-likeness (QED) is 0.604. The van der Waals surface area contributed by atoms with Crippen LogP contribution in [0.1, 0.15) is 20.3 Å². The fourth-order valence-electron chi connectivity index (χ4n) is 4.11. The topological polar surface area (TPSA) is 68.3 Å². The van der Waals surface area contributed by atoms with Gasteiger partial charge in [-0.15, -0.1) is 0 Å². The molecule has 8 nitrogen and oxygen atoms in total. The Bertz CT molecular complexity index is 1220. The number of hydrogen-bond acceptors (Lipinski definition) is 5. The van der Waals surface area contributed by atoms with E-state index in [1.807, 2.05) is 22.8 Å². The van der Waals surface area contributed by atoms with E-state index in [2.05, 4.69) is 29.7 Å². The molecule has 0 amide bonds. The van der Waals surface area contributed by atoms with Crippen LogP contribution in [0.3, 0.4) is 0 Å². The van der Waals surface area contributed by atoms with Crippen LogP contribution >= 0.6 is 11.6 Å². The molecule has 0 N–H and O–H groups in total. The Morgan fingerprint density at radius 1 is 1.03 bits per heavy atom. The summed E-state index contributed by atoms with van der Waals surface area (Å²) in [5.41, 5.74) is 1.40. The van der Waals surface area contributed by atoms with Gasteiger partial charge in [-0.1, -0.05) is 31.5 Å². The van der Waals surface area contributed by atoms with Crippen molar-refractivity contribution in [3.05, 3.63) is 50.1 Å². The maximum atomic E-state index is 13.0. The van der Waals surface area contributed by atoms with Gasteiger partial charge in [-0.25, -0.2) is 4.79 Å². The van der Waals surface area contributed by atoms with E-state index in [0.717, 1.165) is 53.8 Å². The first-order chi connectivity index (χ1) is 14.8. The van der Waals surface area contributed by atoms with Gasteiger partial charge in [-0.3, -0.25) is 13.9 Å². The number of nitrogens with zero attached hydrogens (tertiary/aromatic N) is 6. The Kier molecular flexibility index (Phi) is 5.83. The van der Waals surface area contributed by atoms with Gasteiger partial charge in [0.05, 0.1) is 0 Å². The number of fused-ring (bicyclic) bond motifs is 1. The van der Waals surface area contributed by atoms with E-state index in [1.54, 1.807) is 7.05 Å². The van der Waals surface area contributed by atoms with Gasteiger partial charge in [0.15, 0.2) is 11.2 Å². The third-order valence-corrected chi connectivity index (χ3v) is 6.23. The van der Waals surface area contributed by atoms with Crippen LogP contribution in [0.15, 0.2) is 33.9 Å². The van der Waals surface area contributed by atoms with Crippen molar-refractivity contribution in [2.45, 2.75) is 26.8 Å². The molecule has 0 radical (unpaired) electrons. The molecule has 0 atom stereocenters. The highest BCUT2D eigenvalue weighted by atomic mass is 35.5. The van der Waals surface area contributed by atoms with Gasteiger partial charge >= 0.3 is 5.69 Å². The number of benzene rings is 1. The lowest BCUT2D eigenvalue weighted by Crippen LogP contribution is -2.47. The van der Waals surface area contributed by atoms with Gasteiger partial charge < -0.3 is 14.4 Å². The van der Waals surface area contributed by atoms with Crippen molar-refractivity contribution in [3.63, 3.8) is 0 Å². The standard InChI is InChI=1S/C22H29ClN6O2/c1-15(2)8-9-29-18-19(25(3)22(31)26(4)20(18)30)24-21(29)28-12-10-27(11-13-28)17-7-5-6-16(23)14-17/h5-7,14-15H,8-13H2,1-4H3. The van der Waals surface area contributed by atoms with E-state index >= 15 is 0 Å². The van der Waals surface area contributed by atoms with Crippen LogP contribution < -0.4 is 21.0 Å². The van der Waals surface area contributed by atoms with Gasteiger partial charge in [-0.05, 0) is 30.5 Å². The molecule has 3 heterocycles. The lowest BCUT2D eigenvalue weighted by molar-refractivity contribution is 0.515. The predicted molar refractivity (Wildman–Crippen MR) is 126 cm³/mol. The second kappa shape index (κ2) is 8.42. The third kappa shape index (κ3) is 3.96. The summed E-state index contributed by atoms with van der Waals surface area (Å²) in [4.78, 5) is 34.7. The zero-order valence-electron chi connectivity index (χ0n) is 18.5. The van der Waals surface area contributed by atoms with Crippen molar-refractivity contribution in [2.75, 3.05) is 36.0 Å². The maximum absolute atomic E-state index is 13.0. The zero-order chi connectivity index (χ0) is 22.3. The number of aryl methyl sites for hydroxylation is 2. The Morgan fingerprint density at radius 3 is 2.35 bits per heavy atom. The molecule has 3 aromatic rings. The van der Waals surface area contributed by atoms with Crippen LogP contribution in [0.4, 0.5) is 11.6 Å². The fourth-order valence-corrected chi connectivity index (χ4v) is 4.30. The third-order valence-electron chi connectivity index (χ3n) is 5.99. The second-order valence-corrected chi connectivity index (χ2v) is 9.01. The van der Waals surface area contributed by atoms with Gasteiger partial charge in [0.1, 0.15) is 0 Å². The molecule has 9 heteroatoms. The fraction of sp³-hybridized carbons (Fsp3) is 0.500. The van der Waals surface area contributed by atoms with Crippen molar-refractivity contribution in [2.24, 2.45) is 20.0 Å². The van der Waals surface area contributed by atoms with Crippen molar-refractivity contribution in [1.29, 1.82) is 0 Å². The smallest absolute Gasteiger partial charge is 0.332 e. The second-order valence-electron chi connectivity index (χ2n) is 8.58. The van der Waals surface area contributed by atoms with E-state index in [4.69, 9.17) is 16.6 Å². The summed E-state index contributed by atoms with van der Waals surface area (Å²) in [5, 5.41) is 0.729. The summed E-state index contributed by atoms with van der Waals surface area (Å²) < 4.78 is 4.64. The molecular weight excluding hydrogens is 416 g/mol. The summed E-state index contributed by atoms with van der Waals surface area (Å²) in [6, 6.07) is 7.89. The number of piperazine rings is 1. The van der Waals surface area contributed by atoms with Crippen molar-refractivity contribution < 1.29 is 0 Å². The summed E-state index contributed by atoms with van der Waals surface area (Å²) in [7, 11) is 3.19. The molecule has 1 aliphatic heterocycles. The van der Waals surface area contributed by atoms with Gasteiger partial charge in [-0.2, -0.15) is 4.98 Å². The lowest BCUT2D eigenvalue weighted by Gasteiger charge is -2.36. The number of halogens is 1. The van der Waals surface area contributed by atoms with Crippen molar-refractivity contribution in [1.82, 2.24) is 18.7 Å². The first kappa shape index (κ1) is 21.5. The number of hydrogen-bond donors (Lipinski definition) is 0. The summed E-state index contributed by atoms with van der Waals surface area (Å²) in [6.07, 6.45) is 0.924.